The van der Waals surface area contributed by atoms with E-state index in [9.17, 15) is 15.0 Å². The fraction of sp³-hybridized carbons (Fsp3) is 0.0952. The van der Waals surface area contributed by atoms with Crippen LogP contribution in [-0.4, -0.2) is 26.1 Å². The second kappa shape index (κ2) is 7.28. The number of nitrogens with one attached hydrogen (secondary N) is 1. The van der Waals surface area contributed by atoms with Gasteiger partial charge in [-0.25, -0.2) is 4.98 Å². The lowest BCUT2D eigenvalue weighted by molar-refractivity contribution is 0.0931. The number of carbonyl (C=O) groups excluding carboxylic acids is 1. The summed E-state index contributed by atoms with van der Waals surface area (Å²) in [5.41, 5.74) is 0.686. The summed E-state index contributed by atoms with van der Waals surface area (Å²) >= 11 is 1.37. The van der Waals surface area contributed by atoms with Crippen LogP contribution < -0.4 is 5.32 Å². The van der Waals surface area contributed by atoms with Gasteiger partial charge in [0.05, 0.1) is 10.9 Å². The second-order valence-electron chi connectivity index (χ2n) is 6.31. The molecule has 1 amide bonds. The largest absolute Gasteiger partial charge is 0.501 e. The number of aromatic nitrogens is 2. The summed E-state index contributed by atoms with van der Waals surface area (Å²) in [6.07, 6.45) is 0. The average molecular weight is 391 g/mol. The Labute approximate surface area is 165 Å². The summed E-state index contributed by atoms with van der Waals surface area (Å²) in [6.45, 7) is 1.86. The predicted molar refractivity (Wildman–Crippen MR) is 109 cm³/mol. The number of thiophene rings is 1. The highest BCUT2D eigenvalue weighted by atomic mass is 32.1. The zero-order valence-corrected chi connectivity index (χ0v) is 15.8. The minimum absolute atomic E-state index is 0.188. The van der Waals surface area contributed by atoms with Crippen molar-refractivity contribution in [2.75, 3.05) is 0 Å². The van der Waals surface area contributed by atoms with Gasteiger partial charge in [0.25, 0.3) is 11.8 Å². The maximum Gasteiger partial charge on any atom is 0.274 e. The van der Waals surface area contributed by atoms with Crippen molar-refractivity contribution in [1.82, 2.24) is 15.3 Å². The summed E-state index contributed by atoms with van der Waals surface area (Å²) in [6, 6.07) is 17.1. The molecule has 140 valence electrons. The Hall–Kier alpha value is -3.45. The minimum atomic E-state index is -0.636. The number of benzene rings is 2. The van der Waals surface area contributed by atoms with Crippen LogP contribution in [0.25, 0.3) is 21.5 Å². The molecule has 28 heavy (non-hydrogen) atoms. The Bertz CT molecular complexity index is 1150. The molecule has 0 radical (unpaired) electrons. The van der Waals surface area contributed by atoms with Gasteiger partial charge >= 0.3 is 0 Å². The van der Waals surface area contributed by atoms with Crippen molar-refractivity contribution in [3.05, 3.63) is 71.2 Å². The summed E-state index contributed by atoms with van der Waals surface area (Å²) in [4.78, 5) is 21.5. The van der Waals surface area contributed by atoms with Gasteiger partial charge in [0.2, 0.25) is 5.75 Å². The van der Waals surface area contributed by atoms with E-state index in [1.807, 2.05) is 60.8 Å². The van der Waals surface area contributed by atoms with E-state index in [1.54, 1.807) is 6.07 Å². The van der Waals surface area contributed by atoms with Gasteiger partial charge in [-0.3, -0.25) is 4.79 Å². The van der Waals surface area contributed by atoms with Crippen molar-refractivity contribution in [2.45, 2.75) is 13.0 Å². The number of rotatable bonds is 4. The molecule has 2 heterocycles. The summed E-state index contributed by atoms with van der Waals surface area (Å²) in [5, 5.41) is 26.9. The molecule has 4 rings (SSSR count). The topological polar surface area (TPSA) is 95.3 Å². The maximum absolute atomic E-state index is 12.8. The number of aromatic hydroxyl groups is 2. The van der Waals surface area contributed by atoms with Gasteiger partial charge in [0, 0.05) is 0 Å². The number of hydrogen-bond donors (Lipinski definition) is 3. The van der Waals surface area contributed by atoms with E-state index in [1.165, 1.54) is 11.3 Å². The molecule has 2 aromatic heterocycles. The summed E-state index contributed by atoms with van der Waals surface area (Å²) in [5.74, 6) is -1.66. The fourth-order valence-corrected chi connectivity index (χ4v) is 3.75. The van der Waals surface area contributed by atoms with Crippen LogP contribution in [0.4, 0.5) is 0 Å². The van der Waals surface area contributed by atoms with Crippen LogP contribution in [-0.2, 0) is 0 Å². The average Bonchev–Trinajstić information content (AvgIpc) is 3.24. The SMILES string of the molecule is C[C@H](NC(=O)c1nc(-c2cccs2)nc(O)c1O)c1cccc2ccccc12. The normalized spacial score (nSPS) is 12.0. The van der Waals surface area contributed by atoms with E-state index in [4.69, 9.17) is 0 Å². The van der Waals surface area contributed by atoms with Gasteiger partial charge in [0.1, 0.15) is 0 Å². The first-order valence-corrected chi connectivity index (χ1v) is 9.55. The number of hydrogen-bond acceptors (Lipinski definition) is 6. The molecular formula is C21H17N3O3S. The van der Waals surface area contributed by atoms with Crippen LogP contribution in [0.2, 0.25) is 0 Å². The van der Waals surface area contributed by atoms with Crippen molar-refractivity contribution in [3.63, 3.8) is 0 Å². The first-order chi connectivity index (χ1) is 13.5. The Morgan fingerprint density at radius 3 is 2.61 bits per heavy atom. The standard InChI is InChI=1S/C21H17N3O3S/c1-12(14-9-4-7-13-6-2-3-8-15(13)14)22-20(26)17-18(25)21(27)24-19(23-17)16-10-5-11-28-16/h2-12,25H,1H3,(H,22,26)(H,23,24,27)/t12-/m0/s1. The Balaban J connectivity index is 1.66. The van der Waals surface area contributed by atoms with Crippen molar-refractivity contribution < 1.29 is 15.0 Å². The lowest BCUT2D eigenvalue weighted by Crippen LogP contribution is -2.28. The van der Waals surface area contributed by atoms with Crippen LogP contribution >= 0.6 is 11.3 Å². The Morgan fingerprint density at radius 2 is 1.82 bits per heavy atom. The van der Waals surface area contributed by atoms with Gasteiger partial charge in [-0.2, -0.15) is 4.98 Å². The van der Waals surface area contributed by atoms with E-state index in [0.717, 1.165) is 16.3 Å². The third kappa shape index (κ3) is 3.27. The molecule has 0 spiro atoms. The highest BCUT2D eigenvalue weighted by Gasteiger charge is 2.22. The van der Waals surface area contributed by atoms with Crippen molar-refractivity contribution >= 4 is 28.0 Å². The monoisotopic (exact) mass is 391 g/mol. The van der Waals surface area contributed by atoms with Crippen molar-refractivity contribution in [2.24, 2.45) is 0 Å². The maximum atomic E-state index is 12.8. The smallest absolute Gasteiger partial charge is 0.274 e. The highest BCUT2D eigenvalue weighted by molar-refractivity contribution is 7.13. The summed E-state index contributed by atoms with van der Waals surface area (Å²) < 4.78 is 0. The number of carbonyl (C=O) groups is 1. The molecule has 4 aromatic rings. The Kier molecular flexibility index (Phi) is 4.67. The number of nitrogens with zero attached hydrogens (tertiary/aromatic N) is 2. The van der Waals surface area contributed by atoms with Gasteiger partial charge in [-0.15, -0.1) is 11.3 Å². The van der Waals surface area contributed by atoms with Crippen molar-refractivity contribution in [1.29, 1.82) is 0 Å². The van der Waals surface area contributed by atoms with E-state index in [-0.39, 0.29) is 17.6 Å². The highest BCUT2D eigenvalue weighted by Crippen LogP contribution is 2.31. The first kappa shape index (κ1) is 17.9. The lowest BCUT2D eigenvalue weighted by Gasteiger charge is -2.17. The van der Waals surface area contributed by atoms with Gasteiger partial charge in [-0.05, 0) is 34.7 Å². The molecule has 3 N–H and O–H groups in total. The molecule has 0 aliphatic rings. The van der Waals surface area contributed by atoms with Crippen LogP contribution in [0, 0.1) is 0 Å². The van der Waals surface area contributed by atoms with E-state index < -0.39 is 17.5 Å². The third-order valence-corrected chi connectivity index (χ3v) is 5.33. The van der Waals surface area contributed by atoms with Gasteiger partial charge in [-0.1, -0.05) is 48.5 Å². The molecule has 0 aliphatic heterocycles. The predicted octanol–water partition coefficient (Wildman–Crippen LogP) is 4.26. The van der Waals surface area contributed by atoms with Crippen molar-refractivity contribution in [3.8, 4) is 22.3 Å². The fourth-order valence-electron chi connectivity index (χ4n) is 3.09. The molecular weight excluding hydrogens is 374 g/mol. The van der Waals surface area contributed by atoms with Gasteiger partial charge in [0.15, 0.2) is 11.5 Å². The molecule has 0 bridgehead atoms. The molecule has 0 aliphatic carbocycles. The van der Waals surface area contributed by atoms with E-state index in [0.29, 0.717) is 4.88 Å². The molecule has 0 fully saturated rings. The molecule has 0 saturated heterocycles. The second-order valence-corrected chi connectivity index (χ2v) is 7.26. The van der Waals surface area contributed by atoms with Crippen LogP contribution in [0.1, 0.15) is 29.0 Å². The van der Waals surface area contributed by atoms with E-state index in [2.05, 4.69) is 15.3 Å². The zero-order chi connectivity index (χ0) is 19.7. The molecule has 6 nitrogen and oxygen atoms in total. The molecule has 2 aromatic carbocycles. The van der Waals surface area contributed by atoms with Crippen LogP contribution in [0.15, 0.2) is 60.0 Å². The number of amides is 1. The summed E-state index contributed by atoms with van der Waals surface area (Å²) in [7, 11) is 0. The quantitative estimate of drug-likeness (QED) is 0.483. The number of fused-ring (bicyclic) bond motifs is 1. The first-order valence-electron chi connectivity index (χ1n) is 8.67. The van der Waals surface area contributed by atoms with Crippen LogP contribution in [0.5, 0.6) is 11.6 Å². The molecule has 7 heteroatoms. The van der Waals surface area contributed by atoms with Crippen LogP contribution in [0.3, 0.4) is 0 Å². The zero-order valence-electron chi connectivity index (χ0n) is 15.0. The third-order valence-electron chi connectivity index (χ3n) is 4.46. The van der Waals surface area contributed by atoms with E-state index >= 15 is 0 Å². The molecule has 0 unspecified atom stereocenters. The molecule has 1 atom stereocenters. The minimum Gasteiger partial charge on any atom is -0.501 e. The van der Waals surface area contributed by atoms with Gasteiger partial charge < -0.3 is 15.5 Å². The lowest BCUT2D eigenvalue weighted by atomic mass is 9.99. The molecule has 0 saturated carbocycles. The Morgan fingerprint density at radius 1 is 1.04 bits per heavy atom.